The topological polar surface area (TPSA) is 66.9 Å². The summed E-state index contributed by atoms with van der Waals surface area (Å²) < 4.78 is 0. The molecule has 0 radical (unpaired) electrons. The van der Waals surface area contributed by atoms with Gasteiger partial charge in [0, 0.05) is 11.2 Å². The molecule has 0 bridgehead atoms. The average molecular weight is 326 g/mol. The normalized spacial score (nSPS) is 11.9. The van der Waals surface area contributed by atoms with Crippen LogP contribution in [0.2, 0.25) is 0 Å². The van der Waals surface area contributed by atoms with Crippen LogP contribution >= 0.6 is 0 Å². The van der Waals surface area contributed by atoms with Crippen LogP contribution in [-0.4, -0.2) is 21.4 Å². The zero-order valence-corrected chi connectivity index (χ0v) is 15.3. The van der Waals surface area contributed by atoms with E-state index in [-0.39, 0.29) is 22.6 Å². The Kier molecular flexibility index (Phi) is 4.92. The Balaban J connectivity index is 2.04. The molecule has 1 amide bonds. The SMILES string of the molecule is CC(C)(C)Nc1cnc(C(=O)Nc2ccc(C(C)(C)C)cc2)cn1. The lowest BCUT2D eigenvalue weighted by molar-refractivity contribution is 0.102. The second-order valence-corrected chi connectivity index (χ2v) is 7.94. The first-order valence-corrected chi connectivity index (χ1v) is 8.07. The van der Waals surface area contributed by atoms with Crippen molar-refractivity contribution in [3.05, 3.63) is 47.9 Å². The highest BCUT2D eigenvalue weighted by Gasteiger charge is 2.15. The predicted octanol–water partition coefficient (Wildman–Crippen LogP) is 4.24. The summed E-state index contributed by atoms with van der Waals surface area (Å²) in [5.41, 5.74) is 2.23. The third-order valence-corrected chi connectivity index (χ3v) is 3.40. The van der Waals surface area contributed by atoms with Crippen molar-refractivity contribution in [2.75, 3.05) is 10.6 Å². The highest BCUT2D eigenvalue weighted by atomic mass is 16.1. The second-order valence-electron chi connectivity index (χ2n) is 7.94. The summed E-state index contributed by atoms with van der Waals surface area (Å²) in [6.07, 6.45) is 3.05. The molecule has 2 rings (SSSR count). The third kappa shape index (κ3) is 5.05. The molecular formula is C19H26N4O. The predicted molar refractivity (Wildman–Crippen MR) is 98.5 cm³/mol. The molecule has 0 saturated carbocycles. The molecule has 2 aromatic rings. The molecule has 24 heavy (non-hydrogen) atoms. The number of anilines is 2. The number of aromatic nitrogens is 2. The molecule has 0 aliphatic heterocycles. The number of benzene rings is 1. The molecule has 5 nitrogen and oxygen atoms in total. The van der Waals surface area contributed by atoms with Gasteiger partial charge in [0.15, 0.2) is 0 Å². The van der Waals surface area contributed by atoms with Crippen LogP contribution in [0.5, 0.6) is 0 Å². The van der Waals surface area contributed by atoms with Gasteiger partial charge in [-0.3, -0.25) is 4.79 Å². The third-order valence-electron chi connectivity index (χ3n) is 3.40. The van der Waals surface area contributed by atoms with Gasteiger partial charge in [0.2, 0.25) is 0 Å². The summed E-state index contributed by atoms with van der Waals surface area (Å²) in [5, 5.41) is 6.05. The zero-order valence-electron chi connectivity index (χ0n) is 15.3. The number of nitrogens with zero attached hydrogens (tertiary/aromatic N) is 2. The summed E-state index contributed by atoms with van der Waals surface area (Å²) in [7, 11) is 0. The minimum atomic E-state index is -0.270. The zero-order chi connectivity index (χ0) is 18.0. The van der Waals surface area contributed by atoms with Crippen molar-refractivity contribution >= 4 is 17.4 Å². The first-order valence-electron chi connectivity index (χ1n) is 8.07. The smallest absolute Gasteiger partial charge is 0.275 e. The van der Waals surface area contributed by atoms with Gasteiger partial charge >= 0.3 is 0 Å². The summed E-state index contributed by atoms with van der Waals surface area (Å²) in [6.45, 7) is 12.6. The van der Waals surface area contributed by atoms with Crippen molar-refractivity contribution in [2.24, 2.45) is 0 Å². The number of nitrogens with one attached hydrogen (secondary N) is 2. The Hall–Kier alpha value is -2.43. The maximum atomic E-state index is 12.3. The summed E-state index contributed by atoms with van der Waals surface area (Å²) in [6, 6.07) is 7.86. The number of hydrogen-bond donors (Lipinski definition) is 2. The molecule has 1 heterocycles. The fourth-order valence-corrected chi connectivity index (χ4v) is 2.14. The van der Waals surface area contributed by atoms with Crippen LogP contribution in [0.1, 0.15) is 57.6 Å². The number of hydrogen-bond acceptors (Lipinski definition) is 4. The van der Waals surface area contributed by atoms with E-state index in [2.05, 4.69) is 41.4 Å². The maximum absolute atomic E-state index is 12.3. The van der Waals surface area contributed by atoms with Gasteiger partial charge in [0.25, 0.3) is 5.91 Å². The van der Waals surface area contributed by atoms with Gasteiger partial charge in [-0.25, -0.2) is 9.97 Å². The Morgan fingerprint density at radius 1 is 0.917 bits per heavy atom. The molecular weight excluding hydrogens is 300 g/mol. The van der Waals surface area contributed by atoms with Crippen molar-refractivity contribution in [3.8, 4) is 0 Å². The summed E-state index contributed by atoms with van der Waals surface area (Å²) in [5.74, 6) is 0.377. The number of amides is 1. The lowest BCUT2D eigenvalue weighted by Gasteiger charge is -2.20. The fourth-order valence-electron chi connectivity index (χ4n) is 2.14. The molecule has 0 spiro atoms. The van der Waals surface area contributed by atoms with Gasteiger partial charge < -0.3 is 10.6 Å². The van der Waals surface area contributed by atoms with Crippen molar-refractivity contribution in [1.82, 2.24) is 9.97 Å². The first-order chi connectivity index (χ1) is 11.0. The van der Waals surface area contributed by atoms with Crippen molar-refractivity contribution in [2.45, 2.75) is 52.5 Å². The minimum Gasteiger partial charge on any atom is -0.364 e. The van der Waals surface area contributed by atoms with Gasteiger partial charge in [0.1, 0.15) is 11.5 Å². The van der Waals surface area contributed by atoms with E-state index in [0.717, 1.165) is 5.69 Å². The van der Waals surface area contributed by atoms with E-state index in [0.29, 0.717) is 5.82 Å². The van der Waals surface area contributed by atoms with E-state index in [1.165, 1.54) is 11.8 Å². The molecule has 0 fully saturated rings. The number of carbonyl (C=O) groups excluding carboxylic acids is 1. The number of carbonyl (C=O) groups is 1. The largest absolute Gasteiger partial charge is 0.364 e. The molecule has 2 N–H and O–H groups in total. The quantitative estimate of drug-likeness (QED) is 0.885. The molecule has 0 unspecified atom stereocenters. The summed E-state index contributed by atoms with van der Waals surface area (Å²) >= 11 is 0. The van der Waals surface area contributed by atoms with Gasteiger partial charge in [-0.15, -0.1) is 0 Å². The van der Waals surface area contributed by atoms with Crippen LogP contribution in [0.25, 0.3) is 0 Å². The summed E-state index contributed by atoms with van der Waals surface area (Å²) in [4.78, 5) is 20.7. The lowest BCUT2D eigenvalue weighted by Crippen LogP contribution is -2.27. The van der Waals surface area contributed by atoms with Crippen LogP contribution in [0, 0.1) is 0 Å². The lowest BCUT2D eigenvalue weighted by atomic mass is 9.87. The highest BCUT2D eigenvalue weighted by Crippen LogP contribution is 2.23. The van der Waals surface area contributed by atoms with E-state index in [4.69, 9.17) is 0 Å². The van der Waals surface area contributed by atoms with E-state index in [1.807, 2.05) is 45.0 Å². The molecule has 5 heteroatoms. The Morgan fingerprint density at radius 3 is 2.00 bits per heavy atom. The fraction of sp³-hybridized carbons (Fsp3) is 0.421. The minimum absolute atomic E-state index is 0.0872. The Labute approximate surface area is 143 Å². The van der Waals surface area contributed by atoms with Crippen LogP contribution in [0.4, 0.5) is 11.5 Å². The van der Waals surface area contributed by atoms with Crippen LogP contribution in [0.3, 0.4) is 0 Å². The average Bonchev–Trinajstić information content (AvgIpc) is 2.46. The molecule has 1 aromatic heterocycles. The second kappa shape index (κ2) is 6.59. The monoisotopic (exact) mass is 326 g/mol. The van der Waals surface area contributed by atoms with Crippen molar-refractivity contribution in [3.63, 3.8) is 0 Å². The molecule has 0 saturated heterocycles. The van der Waals surface area contributed by atoms with Crippen LogP contribution < -0.4 is 10.6 Å². The van der Waals surface area contributed by atoms with Crippen molar-refractivity contribution in [1.29, 1.82) is 0 Å². The Morgan fingerprint density at radius 2 is 1.54 bits per heavy atom. The highest BCUT2D eigenvalue weighted by molar-refractivity contribution is 6.02. The van der Waals surface area contributed by atoms with Gasteiger partial charge in [-0.2, -0.15) is 0 Å². The van der Waals surface area contributed by atoms with Crippen LogP contribution in [-0.2, 0) is 5.41 Å². The van der Waals surface area contributed by atoms with Gasteiger partial charge in [-0.1, -0.05) is 32.9 Å². The first kappa shape index (κ1) is 17.9. The molecule has 128 valence electrons. The van der Waals surface area contributed by atoms with E-state index in [9.17, 15) is 4.79 Å². The van der Waals surface area contributed by atoms with Gasteiger partial charge in [-0.05, 0) is 43.9 Å². The maximum Gasteiger partial charge on any atom is 0.275 e. The molecule has 0 aliphatic rings. The van der Waals surface area contributed by atoms with Crippen molar-refractivity contribution < 1.29 is 4.79 Å². The van der Waals surface area contributed by atoms with Gasteiger partial charge in [0.05, 0.1) is 12.4 Å². The van der Waals surface area contributed by atoms with E-state index in [1.54, 1.807) is 6.20 Å². The molecule has 0 aliphatic carbocycles. The Bertz CT molecular complexity index is 692. The standard InChI is InChI=1S/C19H26N4O/c1-18(2,3)13-7-9-14(10-8-13)22-17(24)15-11-21-16(12-20-15)23-19(4,5)6/h7-12H,1-6H3,(H,21,23)(H,22,24). The van der Waals surface area contributed by atoms with E-state index < -0.39 is 0 Å². The molecule has 1 aromatic carbocycles. The van der Waals surface area contributed by atoms with Crippen LogP contribution in [0.15, 0.2) is 36.7 Å². The number of rotatable bonds is 3. The van der Waals surface area contributed by atoms with E-state index >= 15 is 0 Å². The molecule has 0 atom stereocenters.